The Labute approximate surface area is 128 Å². The lowest BCUT2D eigenvalue weighted by atomic mass is 9.76. The number of carboxylic acid groups (broad SMARTS) is 1. The molecular formula is C16H21BrO3. The number of aryl methyl sites for hydroxylation is 1. The highest BCUT2D eigenvalue weighted by Gasteiger charge is 2.41. The summed E-state index contributed by atoms with van der Waals surface area (Å²) in [7, 11) is 0. The number of alkyl halides is 1. The normalized spacial score (nSPS) is 17.9. The molecule has 0 aliphatic heterocycles. The Bertz CT molecular complexity index is 496. The van der Waals surface area contributed by atoms with Gasteiger partial charge in [-0.15, -0.1) is 0 Å². The predicted molar refractivity (Wildman–Crippen MR) is 82.8 cm³/mol. The van der Waals surface area contributed by atoms with E-state index in [0.29, 0.717) is 6.61 Å². The first kappa shape index (κ1) is 15.4. The van der Waals surface area contributed by atoms with E-state index >= 15 is 0 Å². The summed E-state index contributed by atoms with van der Waals surface area (Å²) >= 11 is 3.38. The summed E-state index contributed by atoms with van der Waals surface area (Å²) in [5.74, 6) is 0.248. The lowest BCUT2D eigenvalue weighted by molar-refractivity contribution is -0.148. The van der Waals surface area contributed by atoms with E-state index in [4.69, 9.17) is 4.74 Å². The van der Waals surface area contributed by atoms with Gasteiger partial charge in [-0.05, 0) is 56.4 Å². The highest BCUT2D eigenvalue weighted by Crippen LogP contribution is 2.46. The first-order chi connectivity index (χ1) is 9.46. The molecule has 3 nitrogen and oxygen atoms in total. The van der Waals surface area contributed by atoms with E-state index in [1.165, 1.54) is 11.1 Å². The molecule has 0 amide bonds. The number of rotatable bonds is 6. The summed E-state index contributed by atoms with van der Waals surface area (Å²) in [6, 6.07) is 6.08. The fourth-order valence-electron chi connectivity index (χ4n) is 2.83. The van der Waals surface area contributed by atoms with E-state index in [0.717, 1.165) is 30.3 Å². The van der Waals surface area contributed by atoms with Crippen LogP contribution in [0.4, 0.5) is 0 Å². The molecule has 20 heavy (non-hydrogen) atoms. The largest absolute Gasteiger partial charge is 0.494 e. The molecule has 1 N–H and O–H groups in total. The molecule has 4 heteroatoms. The lowest BCUT2D eigenvalue weighted by Crippen LogP contribution is -2.30. The fourth-order valence-corrected chi connectivity index (χ4v) is 3.06. The van der Waals surface area contributed by atoms with E-state index in [1.807, 2.05) is 26.0 Å². The van der Waals surface area contributed by atoms with Crippen LogP contribution < -0.4 is 4.74 Å². The molecule has 1 aromatic carbocycles. The van der Waals surface area contributed by atoms with Crippen molar-refractivity contribution in [2.45, 2.75) is 39.0 Å². The molecule has 0 fully saturated rings. The zero-order chi connectivity index (χ0) is 14.8. The van der Waals surface area contributed by atoms with Crippen LogP contribution >= 0.6 is 15.9 Å². The van der Waals surface area contributed by atoms with Gasteiger partial charge in [-0.2, -0.15) is 0 Å². The number of carboxylic acids is 1. The van der Waals surface area contributed by atoms with Gasteiger partial charge in [0.1, 0.15) is 5.75 Å². The van der Waals surface area contributed by atoms with Gasteiger partial charge in [0.15, 0.2) is 0 Å². The topological polar surface area (TPSA) is 46.5 Å². The van der Waals surface area contributed by atoms with Gasteiger partial charge in [0.25, 0.3) is 0 Å². The van der Waals surface area contributed by atoms with Gasteiger partial charge < -0.3 is 9.84 Å². The van der Waals surface area contributed by atoms with Gasteiger partial charge in [-0.1, -0.05) is 22.0 Å². The summed E-state index contributed by atoms with van der Waals surface area (Å²) < 4.78 is 5.69. The van der Waals surface area contributed by atoms with Crippen LogP contribution in [0.15, 0.2) is 18.2 Å². The number of carbonyl (C=O) groups is 1. The van der Waals surface area contributed by atoms with Crippen LogP contribution in [0.25, 0.3) is 0 Å². The molecule has 0 aromatic heterocycles. The number of aliphatic carboxylic acids is 1. The number of fused-ring (bicyclic) bond motifs is 1. The van der Waals surface area contributed by atoms with Crippen LogP contribution in [0.1, 0.15) is 43.7 Å². The standard InChI is InChI=1S/C16H21BrO3/c1-16(2,15(18)19)14-7-4-11-10-12(5-6-13(11)14)20-9-3-8-17/h5-6,10,14H,3-4,7-9H2,1-2H3,(H,18,19)/t14-/m0/s1. The lowest BCUT2D eigenvalue weighted by Gasteiger charge is -2.27. The third-order valence-electron chi connectivity index (χ3n) is 4.16. The third kappa shape index (κ3) is 3.00. The van der Waals surface area contributed by atoms with Crippen LogP contribution in [0, 0.1) is 5.41 Å². The predicted octanol–water partition coefficient (Wildman–Crippen LogP) is 3.99. The van der Waals surface area contributed by atoms with Crippen LogP contribution in [-0.4, -0.2) is 23.0 Å². The Balaban J connectivity index is 2.16. The molecule has 0 saturated heterocycles. The smallest absolute Gasteiger partial charge is 0.309 e. The van der Waals surface area contributed by atoms with Crippen molar-refractivity contribution in [3.63, 3.8) is 0 Å². The molecule has 0 bridgehead atoms. The van der Waals surface area contributed by atoms with Crippen molar-refractivity contribution in [3.8, 4) is 5.75 Å². The second-order valence-corrected chi connectivity index (χ2v) is 6.66. The van der Waals surface area contributed by atoms with Gasteiger partial charge in [0, 0.05) is 11.2 Å². The number of hydrogen-bond donors (Lipinski definition) is 1. The average Bonchev–Trinajstić information content (AvgIpc) is 2.82. The minimum atomic E-state index is -0.729. The number of halogens is 1. The second-order valence-electron chi connectivity index (χ2n) is 5.87. The van der Waals surface area contributed by atoms with Crippen molar-refractivity contribution in [1.29, 1.82) is 0 Å². The SMILES string of the molecule is CC(C)(C(=O)O)[C@H]1CCc2cc(OCCCBr)ccc21. The molecule has 110 valence electrons. The molecular weight excluding hydrogens is 320 g/mol. The van der Waals surface area contributed by atoms with E-state index in [1.54, 1.807) is 0 Å². The number of hydrogen-bond acceptors (Lipinski definition) is 2. The molecule has 0 spiro atoms. The number of benzene rings is 1. The summed E-state index contributed by atoms with van der Waals surface area (Å²) in [6.45, 7) is 4.33. The fraction of sp³-hybridized carbons (Fsp3) is 0.562. The molecule has 0 unspecified atom stereocenters. The quantitative estimate of drug-likeness (QED) is 0.629. The highest BCUT2D eigenvalue weighted by molar-refractivity contribution is 9.09. The van der Waals surface area contributed by atoms with Crippen LogP contribution in [0.2, 0.25) is 0 Å². The summed E-state index contributed by atoms with van der Waals surface area (Å²) in [4.78, 5) is 11.4. The summed E-state index contributed by atoms with van der Waals surface area (Å²) in [5, 5.41) is 10.3. The zero-order valence-corrected chi connectivity index (χ0v) is 13.6. The molecule has 1 aromatic rings. The van der Waals surface area contributed by atoms with Crippen LogP contribution in [-0.2, 0) is 11.2 Å². The van der Waals surface area contributed by atoms with Crippen molar-refractivity contribution in [2.24, 2.45) is 5.41 Å². The van der Waals surface area contributed by atoms with E-state index in [9.17, 15) is 9.90 Å². The van der Waals surface area contributed by atoms with E-state index < -0.39 is 11.4 Å². The van der Waals surface area contributed by atoms with Crippen molar-refractivity contribution < 1.29 is 14.6 Å². The molecule has 1 atom stereocenters. The second kappa shape index (κ2) is 6.17. The maximum Gasteiger partial charge on any atom is 0.309 e. The first-order valence-corrected chi connectivity index (χ1v) is 8.14. The van der Waals surface area contributed by atoms with Crippen molar-refractivity contribution in [2.75, 3.05) is 11.9 Å². The summed E-state index contributed by atoms with van der Waals surface area (Å²) in [5.41, 5.74) is 1.69. The van der Waals surface area contributed by atoms with Gasteiger partial charge in [0.2, 0.25) is 0 Å². The van der Waals surface area contributed by atoms with Gasteiger partial charge in [-0.3, -0.25) is 4.79 Å². The zero-order valence-electron chi connectivity index (χ0n) is 12.0. The van der Waals surface area contributed by atoms with E-state index in [2.05, 4.69) is 22.0 Å². The highest BCUT2D eigenvalue weighted by atomic mass is 79.9. The molecule has 1 aliphatic rings. The monoisotopic (exact) mass is 340 g/mol. The Morgan fingerprint density at radius 1 is 1.50 bits per heavy atom. The van der Waals surface area contributed by atoms with Gasteiger partial charge in [0.05, 0.1) is 12.0 Å². The van der Waals surface area contributed by atoms with E-state index in [-0.39, 0.29) is 5.92 Å². The average molecular weight is 341 g/mol. The Morgan fingerprint density at radius 2 is 2.25 bits per heavy atom. The Morgan fingerprint density at radius 3 is 2.90 bits per heavy atom. The molecule has 0 saturated carbocycles. The van der Waals surface area contributed by atoms with Crippen LogP contribution in [0.5, 0.6) is 5.75 Å². The Hall–Kier alpha value is -1.03. The maximum atomic E-state index is 11.4. The molecule has 1 aliphatic carbocycles. The first-order valence-electron chi connectivity index (χ1n) is 7.01. The van der Waals surface area contributed by atoms with Crippen molar-refractivity contribution in [1.82, 2.24) is 0 Å². The summed E-state index contributed by atoms with van der Waals surface area (Å²) in [6.07, 6.45) is 2.82. The van der Waals surface area contributed by atoms with Gasteiger partial charge >= 0.3 is 5.97 Å². The van der Waals surface area contributed by atoms with Crippen molar-refractivity contribution >= 4 is 21.9 Å². The minimum Gasteiger partial charge on any atom is -0.494 e. The van der Waals surface area contributed by atoms with Crippen molar-refractivity contribution in [3.05, 3.63) is 29.3 Å². The molecule has 0 radical (unpaired) electrons. The van der Waals surface area contributed by atoms with Gasteiger partial charge in [-0.25, -0.2) is 0 Å². The third-order valence-corrected chi connectivity index (χ3v) is 4.72. The Kier molecular flexibility index (Phi) is 4.74. The number of ether oxygens (including phenoxy) is 1. The minimum absolute atomic E-state index is 0.0894. The maximum absolute atomic E-state index is 11.4. The molecule has 2 rings (SSSR count). The van der Waals surface area contributed by atoms with Crippen LogP contribution in [0.3, 0.4) is 0 Å². The molecule has 0 heterocycles.